The Labute approximate surface area is 581 Å². The predicted molar refractivity (Wildman–Crippen MR) is 386 cm³/mol. The van der Waals surface area contributed by atoms with Gasteiger partial charge in [0, 0.05) is 25.7 Å². The largest absolute Gasteiger partial charge is 0.472 e. The van der Waals surface area contributed by atoms with Crippen molar-refractivity contribution in [2.75, 3.05) is 39.6 Å². The van der Waals surface area contributed by atoms with E-state index in [0.717, 1.165) is 114 Å². The van der Waals surface area contributed by atoms with Gasteiger partial charge in [0.1, 0.15) is 19.3 Å². The molecule has 0 saturated heterocycles. The van der Waals surface area contributed by atoms with Crippen LogP contribution in [0.25, 0.3) is 0 Å². The number of rotatable bonds is 74. The highest BCUT2D eigenvalue weighted by Gasteiger charge is 2.30. The molecule has 0 amide bonds. The molecule has 0 bridgehead atoms. The summed E-state index contributed by atoms with van der Waals surface area (Å²) in [6, 6.07) is 0. The minimum absolute atomic E-state index is 0.106. The molecule has 0 aliphatic rings. The molecule has 0 aliphatic carbocycles. The number of phosphoric ester groups is 2. The molecule has 0 aromatic heterocycles. The number of aliphatic hydroxyl groups is 1. The van der Waals surface area contributed by atoms with Gasteiger partial charge in [0.05, 0.1) is 26.4 Å². The monoisotopic (exact) mass is 1400 g/mol. The van der Waals surface area contributed by atoms with Crippen LogP contribution in [-0.4, -0.2) is 96.7 Å². The fourth-order valence-electron chi connectivity index (χ4n) is 11.6. The number of unbranched alkanes of at least 4 members (excludes halogenated alkanes) is 41. The lowest BCUT2D eigenvalue weighted by Gasteiger charge is -2.21. The summed E-state index contributed by atoms with van der Waals surface area (Å²) in [7, 11) is -9.91. The summed E-state index contributed by atoms with van der Waals surface area (Å²) in [5, 5.41) is 10.6. The zero-order valence-corrected chi connectivity index (χ0v) is 63.9. The summed E-state index contributed by atoms with van der Waals surface area (Å²) in [6.07, 6.45) is 52.6. The summed E-state index contributed by atoms with van der Waals surface area (Å²) >= 11 is 0. The summed E-state index contributed by atoms with van der Waals surface area (Å²) in [5.74, 6) is 0.270. The van der Waals surface area contributed by atoms with E-state index >= 15 is 0 Å². The summed E-state index contributed by atoms with van der Waals surface area (Å²) in [5.41, 5.74) is 0. The van der Waals surface area contributed by atoms with Crippen molar-refractivity contribution in [3.63, 3.8) is 0 Å². The van der Waals surface area contributed by atoms with Gasteiger partial charge in [-0.15, -0.1) is 0 Å². The Morgan fingerprint density at radius 1 is 0.305 bits per heavy atom. The van der Waals surface area contributed by atoms with Gasteiger partial charge in [-0.1, -0.05) is 337 Å². The first kappa shape index (κ1) is 93.1. The fourth-order valence-corrected chi connectivity index (χ4v) is 13.1. The summed E-state index contributed by atoms with van der Waals surface area (Å²) in [4.78, 5) is 72.8. The number of carbonyl (C=O) groups is 4. The smallest absolute Gasteiger partial charge is 0.462 e. The van der Waals surface area contributed by atoms with Crippen LogP contribution in [0.5, 0.6) is 0 Å². The first-order valence-electron chi connectivity index (χ1n) is 39.4. The van der Waals surface area contributed by atoms with Crippen molar-refractivity contribution in [3.8, 4) is 0 Å². The van der Waals surface area contributed by atoms with Crippen molar-refractivity contribution in [1.29, 1.82) is 0 Å². The lowest BCUT2D eigenvalue weighted by molar-refractivity contribution is -0.161. The Morgan fingerprint density at radius 2 is 0.537 bits per heavy atom. The van der Waals surface area contributed by atoms with Gasteiger partial charge < -0.3 is 33.8 Å². The zero-order valence-electron chi connectivity index (χ0n) is 62.1. The van der Waals surface area contributed by atoms with Gasteiger partial charge in [0.2, 0.25) is 0 Å². The van der Waals surface area contributed by atoms with Crippen LogP contribution in [0.2, 0.25) is 0 Å². The number of phosphoric acid groups is 2. The van der Waals surface area contributed by atoms with Crippen LogP contribution in [0.1, 0.15) is 389 Å². The van der Waals surface area contributed by atoms with E-state index < -0.39 is 97.5 Å². The Morgan fingerprint density at radius 3 is 0.800 bits per heavy atom. The number of ether oxygens (including phenoxy) is 4. The Hall–Kier alpha value is -1.94. The molecule has 95 heavy (non-hydrogen) atoms. The maximum atomic E-state index is 13.1. The molecule has 0 aliphatic heterocycles. The quantitative estimate of drug-likeness (QED) is 0.0222. The molecule has 6 atom stereocenters. The van der Waals surface area contributed by atoms with E-state index in [1.165, 1.54) is 193 Å². The maximum absolute atomic E-state index is 13.1. The van der Waals surface area contributed by atoms with Crippen LogP contribution in [0.4, 0.5) is 0 Å². The molecule has 19 heteroatoms. The van der Waals surface area contributed by atoms with E-state index in [-0.39, 0.29) is 25.7 Å². The molecule has 0 heterocycles. The van der Waals surface area contributed by atoms with Gasteiger partial charge in [0.15, 0.2) is 12.2 Å². The van der Waals surface area contributed by atoms with Crippen LogP contribution in [0.3, 0.4) is 0 Å². The van der Waals surface area contributed by atoms with Crippen LogP contribution < -0.4 is 0 Å². The van der Waals surface area contributed by atoms with E-state index in [9.17, 15) is 43.2 Å². The molecule has 17 nitrogen and oxygen atoms in total. The first-order chi connectivity index (χ1) is 45.8. The second-order valence-electron chi connectivity index (χ2n) is 28.6. The second kappa shape index (κ2) is 66.6. The molecule has 0 radical (unpaired) electrons. The highest BCUT2D eigenvalue weighted by molar-refractivity contribution is 7.47. The van der Waals surface area contributed by atoms with Crippen molar-refractivity contribution in [2.24, 2.45) is 17.8 Å². The number of carbonyl (C=O) groups excluding carboxylic acids is 4. The standard InChI is InChI=1S/C76H148O17P2/c1-8-10-11-12-13-36-43-50-57-73(78)86-63-71(92-76(81)60-53-46-39-32-26-25-29-35-42-49-56-69(7)9-2)65-90-94(82,83)88-61-70(77)62-89-95(84,85)91-66-72(64-87-74(79)58-51-44-37-30-23-20-16-18-22-28-34-41-48-55-68(5)6)93-75(80)59-52-45-38-31-24-19-15-14-17-21-27-33-40-47-54-67(3)4/h67-72,77H,8-66H2,1-7H3,(H,82,83)(H,84,85)/t69?,70-,71+,72+/m0/s1. The molecule has 0 rings (SSSR count). The lowest BCUT2D eigenvalue weighted by Crippen LogP contribution is -2.30. The SMILES string of the molecule is CCCCCCCCCCC(=O)OC[C@H](COP(=O)(O)OC[C@H](O)COP(=O)(O)OC[C@@H](COC(=O)CCCCCCCCCCCCCCCC(C)C)OC(=O)CCCCCCCCCCCCCCCCC(C)C)OC(=O)CCCCCCCCCCCCC(C)CC. The van der Waals surface area contributed by atoms with Gasteiger partial charge in [-0.3, -0.25) is 37.3 Å². The van der Waals surface area contributed by atoms with Gasteiger partial charge in [-0.25, -0.2) is 9.13 Å². The Bertz CT molecular complexity index is 1850. The van der Waals surface area contributed by atoms with Crippen molar-refractivity contribution >= 4 is 39.5 Å². The average Bonchev–Trinajstić information content (AvgIpc) is 1.50. The molecule has 0 aromatic rings. The van der Waals surface area contributed by atoms with E-state index in [0.29, 0.717) is 25.7 Å². The number of aliphatic hydroxyl groups excluding tert-OH is 1. The fraction of sp³-hybridized carbons (Fsp3) is 0.947. The average molecular weight is 1400 g/mol. The van der Waals surface area contributed by atoms with Crippen LogP contribution >= 0.6 is 15.6 Å². The lowest BCUT2D eigenvalue weighted by atomic mass is 9.99. The minimum Gasteiger partial charge on any atom is -0.462 e. The Balaban J connectivity index is 5.23. The maximum Gasteiger partial charge on any atom is 0.472 e. The third kappa shape index (κ3) is 69.0. The van der Waals surface area contributed by atoms with Crippen LogP contribution in [0.15, 0.2) is 0 Å². The second-order valence-corrected chi connectivity index (χ2v) is 31.5. The number of esters is 4. The van der Waals surface area contributed by atoms with Crippen molar-refractivity contribution < 1.29 is 80.2 Å². The highest BCUT2D eigenvalue weighted by Crippen LogP contribution is 2.45. The number of hydrogen-bond acceptors (Lipinski definition) is 15. The van der Waals surface area contributed by atoms with Gasteiger partial charge in [0.25, 0.3) is 0 Å². The van der Waals surface area contributed by atoms with Crippen LogP contribution in [0, 0.1) is 17.8 Å². The van der Waals surface area contributed by atoms with Crippen molar-refractivity contribution in [3.05, 3.63) is 0 Å². The van der Waals surface area contributed by atoms with Crippen LogP contribution in [-0.2, 0) is 65.4 Å². The summed E-state index contributed by atoms with van der Waals surface area (Å²) < 4.78 is 68.5. The molecular formula is C76H148O17P2. The molecule has 0 fully saturated rings. The normalized spacial score (nSPS) is 14.4. The zero-order chi connectivity index (χ0) is 70.1. The van der Waals surface area contributed by atoms with E-state index in [1.54, 1.807) is 0 Å². The van der Waals surface area contributed by atoms with Crippen molar-refractivity contribution in [2.45, 2.75) is 407 Å². The van der Waals surface area contributed by atoms with E-state index in [2.05, 4.69) is 48.5 Å². The third-order valence-electron chi connectivity index (χ3n) is 18.0. The molecular weight excluding hydrogens is 1250 g/mol. The molecule has 3 N–H and O–H groups in total. The number of hydrogen-bond donors (Lipinski definition) is 3. The van der Waals surface area contributed by atoms with Crippen molar-refractivity contribution in [1.82, 2.24) is 0 Å². The van der Waals surface area contributed by atoms with Gasteiger partial charge in [-0.05, 0) is 43.4 Å². The molecule has 0 saturated carbocycles. The Kier molecular flexibility index (Phi) is 65.2. The highest BCUT2D eigenvalue weighted by atomic mass is 31.2. The molecule has 3 unspecified atom stereocenters. The molecule has 564 valence electrons. The van der Waals surface area contributed by atoms with E-state index in [1.807, 2.05) is 0 Å². The van der Waals surface area contributed by atoms with E-state index in [4.69, 9.17) is 37.0 Å². The first-order valence-corrected chi connectivity index (χ1v) is 42.4. The molecule has 0 aromatic carbocycles. The topological polar surface area (TPSA) is 237 Å². The predicted octanol–water partition coefficient (Wildman–Crippen LogP) is 22.2. The summed E-state index contributed by atoms with van der Waals surface area (Å²) in [6.45, 7) is 11.9. The van der Waals surface area contributed by atoms with Gasteiger partial charge >= 0.3 is 39.5 Å². The molecule has 0 spiro atoms. The van der Waals surface area contributed by atoms with Gasteiger partial charge in [-0.2, -0.15) is 0 Å². The minimum atomic E-state index is -4.96. The third-order valence-corrected chi connectivity index (χ3v) is 19.9.